The number of alkyl halides is 1. The minimum atomic E-state index is -1.46. The minimum absolute atomic E-state index is 0.377. The van der Waals surface area contributed by atoms with E-state index in [1.807, 2.05) is 6.92 Å². The molecule has 0 unspecified atom stereocenters. The van der Waals surface area contributed by atoms with E-state index in [4.69, 9.17) is 0 Å². The lowest BCUT2D eigenvalue weighted by atomic mass is 9.93. The summed E-state index contributed by atoms with van der Waals surface area (Å²) >= 11 is 0. The molecule has 0 radical (unpaired) electrons. The summed E-state index contributed by atoms with van der Waals surface area (Å²) in [5, 5.41) is 0. The quantitative estimate of drug-likeness (QED) is 0.658. The first-order valence-corrected chi connectivity index (χ1v) is 4.43. The van der Waals surface area contributed by atoms with Crippen LogP contribution in [0.5, 0.6) is 0 Å². The Kier molecular flexibility index (Phi) is 2.69. The van der Waals surface area contributed by atoms with Crippen molar-refractivity contribution in [1.82, 2.24) is 0 Å². The molecule has 0 atom stereocenters. The van der Waals surface area contributed by atoms with E-state index < -0.39 is 5.67 Å². The molecular formula is C11H14F2. The van der Waals surface area contributed by atoms with Crippen molar-refractivity contribution in [3.8, 4) is 0 Å². The van der Waals surface area contributed by atoms with Crippen LogP contribution in [0.2, 0.25) is 0 Å². The van der Waals surface area contributed by atoms with Crippen molar-refractivity contribution < 1.29 is 8.78 Å². The highest BCUT2D eigenvalue weighted by Gasteiger charge is 2.22. The monoisotopic (exact) mass is 184 g/mol. The minimum Gasteiger partial charge on any atom is -0.239 e. The number of aryl methyl sites for hydroxylation is 1. The van der Waals surface area contributed by atoms with Crippen molar-refractivity contribution in [3.63, 3.8) is 0 Å². The molecule has 0 saturated carbocycles. The highest BCUT2D eigenvalue weighted by Crippen LogP contribution is 2.28. The highest BCUT2D eigenvalue weighted by molar-refractivity contribution is 5.32. The Morgan fingerprint density at radius 3 is 2.38 bits per heavy atom. The number of rotatable bonds is 2. The lowest BCUT2D eigenvalue weighted by molar-refractivity contribution is 0.219. The summed E-state index contributed by atoms with van der Waals surface area (Å²) in [7, 11) is 0. The first-order valence-electron chi connectivity index (χ1n) is 4.43. The number of benzene rings is 1. The van der Waals surface area contributed by atoms with E-state index in [2.05, 4.69) is 0 Å². The van der Waals surface area contributed by atoms with Crippen LogP contribution in [0.15, 0.2) is 18.2 Å². The predicted molar refractivity (Wildman–Crippen MR) is 49.9 cm³/mol. The third-order valence-corrected chi connectivity index (χ3v) is 2.09. The first-order chi connectivity index (χ1) is 5.95. The van der Waals surface area contributed by atoms with Crippen molar-refractivity contribution in [2.24, 2.45) is 0 Å². The molecule has 1 rings (SSSR count). The molecule has 13 heavy (non-hydrogen) atoms. The SMILES string of the molecule is CCc1ccc(F)cc1C(C)(C)F. The maximum atomic E-state index is 13.6. The van der Waals surface area contributed by atoms with Crippen LogP contribution in [0.1, 0.15) is 31.9 Å². The van der Waals surface area contributed by atoms with E-state index in [1.165, 1.54) is 26.0 Å². The highest BCUT2D eigenvalue weighted by atomic mass is 19.1. The summed E-state index contributed by atoms with van der Waals surface area (Å²) in [5.41, 5.74) is -0.142. The topological polar surface area (TPSA) is 0 Å². The molecule has 0 aliphatic carbocycles. The molecule has 0 nitrogen and oxygen atoms in total. The summed E-state index contributed by atoms with van der Waals surface area (Å²) in [6.07, 6.45) is 0.725. The number of hydrogen-bond donors (Lipinski definition) is 0. The van der Waals surface area contributed by atoms with Crippen LogP contribution >= 0.6 is 0 Å². The molecule has 1 aromatic rings. The Labute approximate surface area is 77.6 Å². The fourth-order valence-electron chi connectivity index (χ4n) is 1.41. The summed E-state index contributed by atoms with van der Waals surface area (Å²) < 4.78 is 26.4. The maximum Gasteiger partial charge on any atom is 0.130 e. The van der Waals surface area contributed by atoms with Gasteiger partial charge >= 0.3 is 0 Å². The van der Waals surface area contributed by atoms with Gasteiger partial charge in [-0.3, -0.25) is 0 Å². The molecule has 0 N–H and O–H groups in total. The van der Waals surface area contributed by atoms with E-state index in [9.17, 15) is 8.78 Å². The van der Waals surface area contributed by atoms with Gasteiger partial charge in [0.05, 0.1) is 0 Å². The smallest absolute Gasteiger partial charge is 0.130 e. The molecule has 0 fully saturated rings. The molecule has 0 amide bonds. The van der Waals surface area contributed by atoms with Crippen molar-refractivity contribution in [2.75, 3.05) is 0 Å². The molecule has 0 aliphatic heterocycles. The second-order valence-electron chi connectivity index (χ2n) is 3.63. The van der Waals surface area contributed by atoms with Crippen LogP contribution in [0.4, 0.5) is 8.78 Å². The Morgan fingerprint density at radius 2 is 1.92 bits per heavy atom. The van der Waals surface area contributed by atoms with Crippen LogP contribution in [-0.2, 0) is 12.1 Å². The molecule has 1 aromatic carbocycles. The summed E-state index contributed by atoms with van der Waals surface area (Å²) in [5.74, 6) is -0.377. The molecule has 0 bridgehead atoms. The van der Waals surface area contributed by atoms with Crippen LogP contribution in [0, 0.1) is 5.82 Å². The van der Waals surface area contributed by atoms with Gasteiger partial charge in [0.25, 0.3) is 0 Å². The Morgan fingerprint density at radius 1 is 1.31 bits per heavy atom. The van der Waals surface area contributed by atoms with Crippen LogP contribution in [0.3, 0.4) is 0 Å². The normalized spacial score (nSPS) is 11.8. The largest absolute Gasteiger partial charge is 0.239 e. The van der Waals surface area contributed by atoms with Crippen molar-refractivity contribution >= 4 is 0 Å². The molecule has 0 aliphatic rings. The fourth-order valence-corrected chi connectivity index (χ4v) is 1.41. The van der Waals surface area contributed by atoms with Crippen molar-refractivity contribution in [2.45, 2.75) is 32.9 Å². The van der Waals surface area contributed by atoms with Gasteiger partial charge in [0, 0.05) is 0 Å². The van der Waals surface area contributed by atoms with Gasteiger partial charge in [-0.1, -0.05) is 13.0 Å². The molecular weight excluding hydrogens is 170 g/mol. The van der Waals surface area contributed by atoms with Gasteiger partial charge in [0.2, 0.25) is 0 Å². The number of halogens is 2. The first kappa shape index (κ1) is 10.2. The Hall–Kier alpha value is -0.920. The van der Waals surface area contributed by atoms with Gasteiger partial charge in [-0.2, -0.15) is 0 Å². The molecule has 2 heteroatoms. The van der Waals surface area contributed by atoms with E-state index in [0.717, 1.165) is 12.0 Å². The van der Waals surface area contributed by atoms with E-state index in [1.54, 1.807) is 6.07 Å². The van der Waals surface area contributed by atoms with E-state index >= 15 is 0 Å². The zero-order chi connectivity index (χ0) is 10.1. The predicted octanol–water partition coefficient (Wildman–Crippen LogP) is 3.59. The zero-order valence-electron chi connectivity index (χ0n) is 8.20. The average molecular weight is 184 g/mol. The Balaban J connectivity index is 3.24. The summed E-state index contributed by atoms with van der Waals surface area (Å²) in [4.78, 5) is 0. The summed E-state index contributed by atoms with van der Waals surface area (Å²) in [6.45, 7) is 4.82. The summed E-state index contributed by atoms with van der Waals surface area (Å²) in [6, 6.07) is 4.29. The second kappa shape index (κ2) is 3.44. The van der Waals surface area contributed by atoms with Gasteiger partial charge in [-0.15, -0.1) is 0 Å². The fraction of sp³-hybridized carbons (Fsp3) is 0.455. The maximum absolute atomic E-state index is 13.6. The van der Waals surface area contributed by atoms with Gasteiger partial charge in [0.1, 0.15) is 11.5 Å². The standard InChI is InChI=1S/C11H14F2/c1-4-8-5-6-9(12)7-10(8)11(2,3)13/h5-7H,4H2,1-3H3. The Bertz CT molecular complexity index is 297. The van der Waals surface area contributed by atoms with Crippen molar-refractivity contribution in [3.05, 3.63) is 35.1 Å². The third-order valence-electron chi connectivity index (χ3n) is 2.09. The molecule has 0 heterocycles. The lowest BCUT2D eigenvalue weighted by Crippen LogP contribution is -2.12. The van der Waals surface area contributed by atoms with E-state index in [0.29, 0.717) is 5.56 Å². The van der Waals surface area contributed by atoms with Gasteiger partial charge in [0.15, 0.2) is 0 Å². The van der Waals surface area contributed by atoms with Gasteiger partial charge in [-0.05, 0) is 43.5 Å². The zero-order valence-corrected chi connectivity index (χ0v) is 8.20. The van der Waals surface area contributed by atoms with E-state index in [-0.39, 0.29) is 5.82 Å². The molecule has 0 spiro atoms. The average Bonchev–Trinajstić information content (AvgIpc) is 2.03. The number of hydrogen-bond acceptors (Lipinski definition) is 0. The van der Waals surface area contributed by atoms with Crippen LogP contribution in [-0.4, -0.2) is 0 Å². The second-order valence-corrected chi connectivity index (χ2v) is 3.63. The molecule has 72 valence electrons. The van der Waals surface area contributed by atoms with Crippen LogP contribution < -0.4 is 0 Å². The van der Waals surface area contributed by atoms with Crippen LogP contribution in [0.25, 0.3) is 0 Å². The van der Waals surface area contributed by atoms with Gasteiger partial charge < -0.3 is 0 Å². The third kappa shape index (κ3) is 2.27. The molecule has 0 saturated heterocycles. The molecule has 0 aromatic heterocycles. The van der Waals surface area contributed by atoms with Crippen molar-refractivity contribution in [1.29, 1.82) is 0 Å². The van der Waals surface area contributed by atoms with Gasteiger partial charge in [-0.25, -0.2) is 8.78 Å². The lowest BCUT2D eigenvalue weighted by Gasteiger charge is -2.18.